The summed E-state index contributed by atoms with van der Waals surface area (Å²) in [5, 5.41) is 0. The van der Waals surface area contributed by atoms with Crippen molar-refractivity contribution < 1.29 is 4.74 Å². The van der Waals surface area contributed by atoms with Gasteiger partial charge in [-0.2, -0.15) is 0 Å². The molecule has 1 aliphatic heterocycles. The molecule has 1 saturated carbocycles. The van der Waals surface area contributed by atoms with Gasteiger partial charge in [0.25, 0.3) is 0 Å². The maximum Gasteiger partial charge on any atom is 0.191 e. The maximum atomic E-state index is 6.11. The van der Waals surface area contributed by atoms with Crippen molar-refractivity contribution in [2.75, 3.05) is 32.8 Å². The zero-order valence-electron chi connectivity index (χ0n) is 11.9. The van der Waals surface area contributed by atoms with Gasteiger partial charge in [-0.3, -0.25) is 4.99 Å². The van der Waals surface area contributed by atoms with Crippen molar-refractivity contribution in [3.05, 3.63) is 34.3 Å². The van der Waals surface area contributed by atoms with E-state index in [0.717, 1.165) is 32.8 Å². The van der Waals surface area contributed by atoms with Gasteiger partial charge in [-0.25, -0.2) is 0 Å². The molecule has 1 aromatic carbocycles. The molecule has 0 amide bonds. The third-order valence-corrected chi connectivity index (χ3v) is 4.87. The second-order valence-corrected chi connectivity index (χ2v) is 6.39. The van der Waals surface area contributed by atoms with E-state index in [4.69, 9.17) is 10.5 Å². The van der Waals surface area contributed by atoms with Crippen LogP contribution in [0.3, 0.4) is 0 Å². The van der Waals surface area contributed by atoms with Crippen molar-refractivity contribution in [1.82, 2.24) is 4.90 Å². The predicted octanol–water partition coefficient (Wildman–Crippen LogP) is 2.75. The summed E-state index contributed by atoms with van der Waals surface area (Å²) in [7, 11) is 0. The summed E-state index contributed by atoms with van der Waals surface area (Å²) in [4.78, 5) is 6.75. The molecular weight excluding hydrogens is 445 g/mol. The Balaban J connectivity index is 0.00000161. The van der Waals surface area contributed by atoms with Crippen LogP contribution in [0.4, 0.5) is 0 Å². The highest BCUT2D eigenvalue weighted by Crippen LogP contribution is 2.50. The number of rotatable bonds is 3. The third kappa shape index (κ3) is 3.90. The van der Waals surface area contributed by atoms with E-state index < -0.39 is 0 Å². The van der Waals surface area contributed by atoms with E-state index in [2.05, 4.69) is 50.1 Å². The monoisotopic (exact) mass is 465 g/mol. The Kier molecular flexibility index (Phi) is 5.90. The maximum absolute atomic E-state index is 6.11. The lowest BCUT2D eigenvalue weighted by molar-refractivity contribution is 0.0674. The quantitative estimate of drug-likeness (QED) is 0.424. The van der Waals surface area contributed by atoms with Crippen molar-refractivity contribution in [3.8, 4) is 0 Å². The van der Waals surface area contributed by atoms with Crippen LogP contribution in [0.25, 0.3) is 0 Å². The van der Waals surface area contributed by atoms with Gasteiger partial charge in [0.1, 0.15) is 0 Å². The Hall–Kier alpha value is -0.340. The first kappa shape index (κ1) is 17.0. The number of halogens is 2. The minimum absolute atomic E-state index is 0. The molecule has 4 nitrogen and oxygen atoms in total. The van der Waals surface area contributed by atoms with Crippen LogP contribution >= 0.6 is 39.9 Å². The molecule has 2 N–H and O–H groups in total. The van der Waals surface area contributed by atoms with Gasteiger partial charge in [0, 0.05) is 23.0 Å². The van der Waals surface area contributed by atoms with E-state index in [0.29, 0.717) is 5.96 Å². The van der Waals surface area contributed by atoms with Crippen LogP contribution in [0.1, 0.15) is 18.4 Å². The Morgan fingerprint density at radius 3 is 2.57 bits per heavy atom. The van der Waals surface area contributed by atoms with Gasteiger partial charge in [0.05, 0.1) is 19.8 Å². The standard InChI is InChI=1S/C15H20BrN3O.HI/c16-13-4-2-1-3-12(13)15(5-6-15)11-18-14(17)19-7-9-20-10-8-19;/h1-4H,5-11H2,(H2,17,18);1H. The van der Waals surface area contributed by atoms with Gasteiger partial charge < -0.3 is 15.4 Å². The smallest absolute Gasteiger partial charge is 0.191 e. The molecule has 1 heterocycles. The SMILES string of the molecule is I.NC(=NCC1(c2ccccc2Br)CC1)N1CCOCC1. The minimum atomic E-state index is 0. The molecule has 0 spiro atoms. The van der Waals surface area contributed by atoms with Gasteiger partial charge in [0.15, 0.2) is 5.96 Å². The zero-order chi connectivity index (χ0) is 14.0. The molecule has 1 saturated heterocycles. The number of nitrogens with zero attached hydrogens (tertiary/aromatic N) is 2. The van der Waals surface area contributed by atoms with Crippen molar-refractivity contribution in [2.45, 2.75) is 18.3 Å². The summed E-state index contributed by atoms with van der Waals surface area (Å²) >= 11 is 3.65. The molecule has 6 heteroatoms. The fourth-order valence-corrected chi connectivity index (χ4v) is 3.38. The van der Waals surface area contributed by atoms with Gasteiger partial charge in [0.2, 0.25) is 0 Å². The highest BCUT2D eigenvalue weighted by atomic mass is 127. The second-order valence-electron chi connectivity index (χ2n) is 5.53. The molecular formula is C15H21BrIN3O. The van der Waals surface area contributed by atoms with Crippen LogP contribution < -0.4 is 5.73 Å². The first-order valence-electron chi connectivity index (χ1n) is 7.09. The average Bonchev–Trinajstić information content (AvgIpc) is 3.27. The van der Waals surface area contributed by atoms with E-state index in [9.17, 15) is 0 Å². The van der Waals surface area contributed by atoms with Crippen LogP contribution in [0.5, 0.6) is 0 Å². The summed E-state index contributed by atoms with van der Waals surface area (Å²) in [5.74, 6) is 0.659. The van der Waals surface area contributed by atoms with E-state index in [1.165, 1.54) is 22.9 Å². The number of aliphatic imine (C=N–C) groups is 1. The lowest BCUT2D eigenvalue weighted by Gasteiger charge is -2.28. The fraction of sp³-hybridized carbons (Fsp3) is 0.533. The molecule has 0 unspecified atom stereocenters. The van der Waals surface area contributed by atoms with Crippen LogP contribution in [0.2, 0.25) is 0 Å². The summed E-state index contributed by atoms with van der Waals surface area (Å²) in [6.45, 7) is 3.95. The molecule has 2 aliphatic rings. The van der Waals surface area contributed by atoms with E-state index in [1.54, 1.807) is 0 Å². The van der Waals surface area contributed by atoms with E-state index >= 15 is 0 Å². The van der Waals surface area contributed by atoms with Gasteiger partial charge in [-0.1, -0.05) is 34.1 Å². The molecule has 1 aliphatic carbocycles. The Labute approximate surface area is 151 Å². The largest absolute Gasteiger partial charge is 0.378 e. The molecule has 0 radical (unpaired) electrons. The number of benzene rings is 1. The molecule has 21 heavy (non-hydrogen) atoms. The van der Waals surface area contributed by atoms with E-state index in [1.807, 2.05) is 0 Å². The van der Waals surface area contributed by atoms with Crippen molar-refractivity contribution in [1.29, 1.82) is 0 Å². The van der Waals surface area contributed by atoms with Crippen molar-refractivity contribution >= 4 is 45.9 Å². The summed E-state index contributed by atoms with van der Waals surface area (Å²) in [5.41, 5.74) is 7.66. The van der Waals surface area contributed by atoms with Crippen LogP contribution in [0, 0.1) is 0 Å². The second kappa shape index (κ2) is 7.28. The zero-order valence-corrected chi connectivity index (χ0v) is 15.8. The highest BCUT2D eigenvalue weighted by Gasteiger charge is 2.45. The van der Waals surface area contributed by atoms with Gasteiger partial charge in [-0.15, -0.1) is 24.0 Å². The molecule has 0 aromatic heterocycles. The van der Waals surface area contributed by atoms with Crippen molar-refractivity contribution in [2.24, 2.45) is 10.7 Å². The summed E-state index contributed by atoms with van der Waals surface area (Å²) < 4.78 is 6.51. The van der Waals surface area contributed by atoms with Gasteiger partial charge >= 0.3 is 0 Å². The van der Waals surface area contributed by atoms with Gasteiger partial charge in [-0.05, 0) is 24.5 Å². The lowest BCUT2D eigenvalue weighted by Crippen LogP contribution is -2.45. The third-order valence-electron chi connectivity index (χ3n) is 4.18. The topological polar surface area (TPSA) is 50.8 Å². The molecule has 0 atom stereocenters. The highest BCUT2D eigenvalue weighted by molar-refractivity contribution is 14.0. The van der Waals surface area contributed by atoms with Crippen molar-refractivity contribution in [3.63, 3.8) is 0 Å². The van der Waals surface area contributed by atoms with Crippen LogP contribution in [-0.4, -0.2) is 43.7 Å². The molecule has 2 fully saturated rings. The molecule has 3 rings (SSSR count). The summed E-state index contributed by atoms with van der Waals surface area (Å²) in [6.07, 6.45) is 2.38. The van der Waals surface area contributed by atoms with Crippen LogP contribution in [0.15, 0.2) is 33.7 Å². The molecule has 116 valence electrons. The number of guanidine groups is 1. The molecule has 0 bridgehead atoms. The predicted molar refractivity (Wildman–Crippen MR) is 99.4 cm³/mol. The Morgan fingerprint density at radius 1 is 1.29 bits per heavy atom. The number of hydrogen-bond acceptors (Lipinski definition) is 2. The number of ether oxygens (including phenoxy) is 1. The lowest BCUT2D eigenvalue weighted by atomic mass is 9.96. The average molecular weight is 466 g/mol. The Morgan fingerprint density at radius 2 is 1.95 bits per heavy atom. The number of hydrogen-bond donors (Lipinski definition) is 1. The normalized spacial score (nSPS) is 20.8. The molecule has 1 aromatic rings. The first-order chi connectivity index (χ1) is 9.71. The minimum Gasteiger partial charge on any atom is -0.378 e. The number of nitrogens with two attached hydrogens (primary N) is 1. The van der Waals surface area contributed by atoms with Crippen LogP contribution in [-0.2, 0) is 10.2 Å². The Bertz CT molecular complexity index is 513. The number of morpholine rings is 1. The van der Waals surface area contributed by atoms with E-state index in [-0.39, 0.29) is 29.4 Å². The summed E-state index contributed by atoms with van der Waals surface area (Å²) in [6, 6.07) is 8.44. The first-order valence-corrected chi connectivity index (χ1v) is 7.88. The fourth-order valence-electron chi connectivity index (χ4n) is 2.68.